The topological polar surface area (TPSA) is 0 Å². The van der Waals surface area contributed by atoms with Gasteiger partial charge in [-0.2, -0.15) is 0 Å². The highest BCUT2D eigenvalue weighted by atomic mass is 14.4. The van der Waals surface area contributed by atoms with Crippen molar-refractivity contribution in [3.8, 4) is 0 Å². The van der Waals surface area contributed by atoms with Crippen molar-refractivity contribution in [1.29, 1.82) is 0 Å². The largest absolute Gasteiger partial charge is 0.0876 e. The second-order valence-electron chi connectivity index (χ2n) is 3.60. The highest BCUT2D eigenvalue weighted by Crippen LogP contribution is 2.42. The van der Waals surface area contributed by atoms with E-state index in [4.69, 9.17) is 0 Å². The van der Waals surface area contributed by atoms with Crippen molar-refractivity contribution >= 4 is 0 Å². The Hall–Kier alpha value is -0.520. The molecule has 0 fully saturated rings. The monoisotopic (exact) mass is 134 g/mol. The van der Waals surface area contributed by atoms with Gasteiger partial charge in [-0.1, -0.05) is 30.7 Å². The molecule has 0 amide bonds. The maximum Gasteiger partial charge on any atom is -0.00139 e. The first-order valence-electron chi connectivity index (χ1n) is 4.14. The van der Waals surface area contributed by atoms with Gasteiger partial charge in [0.1, 0.15) is 0 Å². The van der Waals surface area contributed by atoms with Crippen molar-refractivity contribution < 1.29 is 0 Å². The van der Waals surface area contributed by atoms with Crippen LogP contribution in [0.2, 0.25) is 0 Å². The van der Waals surface area contributed by atoms with E-state index in [0.717, 1.165) is 17.8 Å². The molecule has 0 aliphatic heterocycles. The third-order valence-corrected chi connectivity index (χ3v) is 3.08. The van der Waals surface area contributed by atoms with Crippen LogP contribution in [-0.4, -0.2) is 0 Å². The summed E-state index contributed by atoms with van der Waals surface area (Å²) >= 11 is 0. The Kier molecular flexibility index (Phi) is 1.23. The molecule has 2 rings (SSSR count). The molecule has 0 radical (unpaired) electrons. The molecular formula is C10H14. The van der Waals surface area contributed by atoms with E-state index in [1.807, 2.05) is 0 Å². The summed E-state index contributed by atoms with van der Waals surface area (Å²) in [6.07, 6.45) is 8.42. The minimum atomic E-state index is 0.787. The zero-order valence-electron chi connectivity index (χ0n) is 6.67. The molecule has 0 saturated heterocycles. The van der Waals surface area contributed by atoms with Gasteiger partial charge in [0.05, 0.1) is 0 Å². The van der Waals surface area contributed by atoms with Crippen LogP contribution < -0.4 is 0 Å². The van der Waals surface area contributed by atoms with Gasteiger partial charge in [0.25, 0.3) is 0 Å². The van der Waals surface area contributed by atoms with Gasteiger partial charge < -0.3 is 0 Å². The molecule has 0 heterocycles. The van der Waals surface area contributed by atoms with Gasteiger partial charge in [-0.25, -0.2) is 0 Å². The number of hydrogen-bond acceptors (Lipinski definition) is 0. The summed E-state index contributed by atoms with van der Waals surface area (Å²) in [6.45, 7) is 4.61. The fraction of sp³-hybridized carbons (Fsp3) is 0.600. The Labute approximate surface area is 62.6 Å². The van der Waals surface area contributed by atoms with Crippen molar-refractivity contribution in [2.24, 2.45) is 17.8 Å². The summed E-state index contributed by atoms with van der Waals surface area (Å²) in [5, 5.41) is 0. The summed E-state index contributed by atoms with van der Waals surface area (Å²) in [5.41, 5.74) is 1.60. The van der Waals surface area contributed by atoms with Gasteiger partial charge in [0.2, 0.25) is 0 Å². The van der Waals surface area contributed by atoms with Crippen LogP contribution in [-0.2, 0) is 0 Å². The van der Waals surface area contributed by atoms with Gasteiger partial charge in [-0.15, -0.1) is 0 Å². The van der Waals surface area contributed by atoms with E-state index in [0.29, 0.717) is 0 Å². The summed E-state index contributed by atoms with van der Waals surface area (Å²) in [4.78, 5) is 0. The van der Waals surface area contributed by atoms with Crippen molar-refractivity contribution in [3.63, 3.8) is 0 Å². The Morgan fingerprint density at radius 2 is 2.30 bits per heavy atom. The van der Waals surface area contributed by atoms with E-state index in [1.54, 1.807) is 5.57 Å². The van der Waals surface area contributed by atoms with E-state index in [9.17, 15) is 0 Å². The number of hydrogen-bond donors (Lipinski definition) is 0. The second kappa shape index (κ2) is 1.98. The third-order valence-electron chi connectivity index (χ3n) is 3.08. The van der Waals surface area contributed by atoms with E-state index >= 15 is 0 Å². The molecule has 0 aromatic heterocycles. The average Bonchev–Trinajstić information content (AvgIpc) is 2.41. The fourth-order valence-electron chi connectivity index (χ4n) is 2.20. The van der Waals surface area contributed by atoms with Gasteiger partial charge in [0, 0.05) is 0 Å². The normalized spacial score (nSPS) is 43.8. The van der Waals surface area contributed by atoms with Crippen LogP contribution in [0.15, 0.2) is 23.8 Å². The molecule has 0 saturated carbocycles. The molecule has 0 N–H and O–H groups in total. The molecular weight excluding hydrogens is 120 g/mol. The summed E-state index contributed by atoms with van der Waals surface area (Å²) in [6, 6.07) is 0. The van der Waals surface area contributed by atoms with Gasteiger partial charge >= 0.3 is 0 Å². The SMILES string of the molecule is CC1=C[C@H]2C=CC[C@H]2[C@H]1C. The summed E-state index contributed by atoms with van der Waals surface area (Å²) in [7, 11) is 0. The quantitative estimate of drug-likeness (QED) is 0.447. The first-order chi connectivity index (χ1) is 4.79. The first-order valence-corrected chi connectivity index (χ1v) is 4.14. The zero-order valence-corrected chi connectivity index (χ0v) is 6.67. The van der Waals surface area contributed by atoms with Crippen LogP contribution in [0.5, 0.6) is 0 Å². The smallest absolute Gasteiger partial charge is 0.00139 e. The van der Waals surface area contributed by atoms with Crippen LogP contribution in [0.25, 0.3) is 0 Å². The summed E-state index contributed by atoms with van der Waals surface area (Å²) in [5.74, 6) is 2.54. The predicted octanol–water partition coefficient (Wildman–Crippen LogP) is 2.77. The minimum Gasteiger partial charge on any atom is -0.0876 e. The molecule has 2 aliphatic carbocycles. The van der Waals surface area contributed by atoms with E-state index < -0.39 is 0 Å². The highest BCUT2D eigenvalue weighted by molar-refractivity contribution is 5.24. The Morgan fingerprint density at radius 1 is 1.50 bits per heavy atom. The van der Waals surface area contributed by atoms with Crippen LogP contribution in [0.1, 0.15) is 20.3 Å². The average molecular weight is 134 g/mol. The molecule has 0 spiro atoms. The van der Waals surface area contributed by atoms with Gasteiger partial charge in [0.15, 0.2) is 0 Å². The van der Waals surface area contributed by atoms with Crippen molar-refractivity contribution in [1.82, 2.24) is 0 Å². The van der Waals surface area contributed by atoms with Gasteiger partial charge in [-0.05, 0) is 31.1 Å². The predicted molar refractivity (Wildman–Crippen MR) is 43.7 cm³/mol. The van der Waals surface area contributed by atoms with Crippen molar-refractivity contribution in [2.75, 3.05) is 0 Å². The standard InChI is InChI=1S/C10H14/c1-7-6-9-4-3-5-10(9)8(7)2/h3-4,6,8-10H,5H2,1-2H3/t8-,9+,10-/m0/s1. The highest BCUT2D eigenvalue weighted by Gasteiger charge is 2.32. The lowest BCUT2D eigenvalue weighted by Crippen LogP contribution is -2.08. The van der Waals surface area contributed by atoms with Crippen molar-refractivity contribution in [2.45, 2.75) is 20.3 Å². The number of rotatable bonds is 0. The number of fused-ring (bicyclic) bond motifs is 1. The van der Waals surface area contributed by atoms with Crippen molar-refractivity contribution in [3.05, 3.63) is 23.8 Å². The van der Waals surface area contributed by atoms with Crippen LogP contribution >= 0.6 is 0 Å². The maximum absolute atomic E-state index is 2.43. The lowest BCUT2D eigenvalue weighted by molar-refractivity contribution is 0.411. The Balaban J connectivity index is 2.26. The van der Waals surface area contributed by atoms with Crippen LogP contribution in [0.4, 0.5) is 0 Å². The third kappa shape index (κ3) is 0.681. The molecule has 10 heavy (non-hydrogen) atoms. The molecule has 54 valence electrons. The summed E-state index contributed by atoms with van der Waals surface area (Å²) < 4.78 is 0. The molecule has 0 heteroatoms. The molecule has 0 aromatic rings. The first kappa shape index (κ1) is 6.21. The Bertz CT molecular complexity index is 198. The van der Waals surface area contributed by atoms with Crippen LogP contribution in [0, 0.1) is 17.8 Å². The molecule has 3 atom stereocenters. The van der Waals surface area contributed by atoms with E-state index in [2.05, 4.69) is 32.1 Å². The fourth-order valence-corrected chi connectivity index (χ4v) is 2.20. The Morgan fingerprint density at radius 3 is 3.00 bits per heavy atom. The zero-order chi connectivity index (χ0) is 7.14. The lowest BCUT2D eigenvalue weighted by Gasteiger charge is -2.15. The molecule has 0 nitrogen and oxygen atoms in total. The van der Waals surface area contributed by atoms with E-state index in [-0.39, 0.29) is 0 Å². The van der Waals surface area contributed by atoms with Crippen LogP contribution in [0.3, 0.4) is 0 Å². The molecule has 2 aliphatic rings. The second-order valence-corrected chi connectivity index (χ2v) is 3.60. The number of allylic oxidation sites excluding steroid dienone is 4. The minimum absolute atomic E-state index is 0.787. The lowest BCUT2D eigenvalue weighted by atomic mass is 9.89. The molecule has 0 unspecified atom stereocenters. The van der Waals surface area contributed by atoms with E-state index in [1.165, 1.54) is 6.42 Å². The molecule has 0 aromatic carbocycles. The van der Waals surface area contributed by atoms with Gasteiger partial charge in [-0.3, -0.25) is 0 Å². The molecule has 0 bridgehead atoms. The maximum atomic E-state index is 2.43.